The fraction of sp³-hybridized carbons (Fsp3) is 0.407. The average molecular weight is 481 g/mol. The van der Waals surface area contributed by atoms with Crippen molar-refractivity contribution in [3.8, 4) is 11.1 Å². The predicted octanol–water partition coefficient (Wildman–Crippen LogP) is 5.40. The van der Waals surface area contributed by atoms with Gasteiger partial charge in [0.2, 0.25) is 0 Å². The van der Waals surface area contributed by atoms with Gasteiger partial charge in [0.15, 0.2) is 0 Å². The van der Waals surface area contributed by atoms with E-state index in [0.29, 0.717) is 28.9 Å². The van der Waals surface area contributed by atoms with Crippen molar-refractivity contribution in [2.75, 3.05) is 5.32 Å². The summed E-state index contributed by atoms with van der Waals surface area (Å²) in [5.41, 5.74) is 1.19. The molecule has 0 aliphatic heterocycles. The molecule has 0 radical (unpaired) electrons. The Hall–Kier alpha value is -3.55. The minimum Gasteiger partial charge on any atom is -0.456 e. The molecular formula is C27H33FN4O3. The number of unbranched alkanes of at least 4 members (excludes halogenated alkanes) is 1. The molecule has 0 aliphatic rings. The molecule has 3 rings (SSSR count). The van der Waals surface area contributed by atoms with Crippen LogP contribution in [0.3, 0.4) is 0 Å². The van der Waals surface area contributed by atoms with Crippen molar-refractivity contribution in [3.63, 3.8) is 0 Å². The highest BCUT2D eigenvalue weighted by Crippen LogP contribution is 2.26. The van der Waals surface area contributed by atoms with Gasteiger partial charge in [-0.05, 0) is 70.4 Å². The van der Waals surface area contributed by atoms with Crippen molar-refractivity contribution in [2.45, 2.75) is 71.9 Å². The van der Waals surface area contributed by atoms with Gasteiger partial charge < -0.3 is 10.1 Å². The molecule has 2 aromatic heterocycles. The number of carbonyl (C=O) groups is 1. The van der Waals surface area contributed by atoms with Crippen molar-refractivity contribution in [2.24, 2.45) is 0 Å². The summed E-state index contributed by atoms with van der Waals surface area (Å²) in [6.45, 7) is 9.04. The number of ether oxygens (including phenoxy) is 1. The van der Waals surface area contributed by atoms with Gasteiger partial charge in [-0.3, -0.25) is 14.6 Å². The van der Waals surface area contributed by atoms with E-state index in [1.807, 2.05) is 6.07 Å². The Morgan fingerprint density at radius 3 is 2.66 bits per heavy atom. The highest BCUT2D eigenvalue weighted by molar-refractivity contribution is 6.35. The van der Waals surface area contributed by atoms with E-state index in [-0.39, 0.29) is 29.4 Å². The SMILES string of the molecule is CCCCc1nc2ccccn2c(=O)c1-c1ccc(N[C@H](C)CC(=N)C(=O)OC(C)(C)C)c(F)c1. The van der Waals surface area contributed by atoms with Gasteiger partial charge in [-0.15, -0.1) is 0 Å². The van der Waals surface area contributed by atoms with Crippen molar-refractivity contribution in [1.82, 2.24) is 9.38 Å². The van der Waals surface area contributed by atoms with Crippen LogP contribution < -0.4 is 10.9 Å². The molecule has 0 saturated carbocycles. The number of benzene rings is 1. The molecule has 0 spiro atoms. The van der Waals surface area contributed by atoms with Gasteiger partial charge in [-0.1, -0.05) is 25.5 Å². The van der Waals surface area contributed by atoms with Crippen LogP contribution in [0.15, 0.2) is 47.4 Å². The van der Waals surface area contributed by atoms with Crippen molar-refractivity contribution < 1.29 is 13.9 Å². The average Bonchev–Trinajstić information content (AvgIpc) is 2.78. The maximum atomic E-state index is 15.1. The van der Waals surface area contributed by atoms with Gasteiger partial charge in [0.1, 0.15) is 22.8 Å². The molecule has 7 nitrogen and oxygen atoms in total. The predicted molar refractivity (Wildman–Crippen MR) is 137 cm³/mol. The number of hydrogen-bond donors (Lipinski definition) is 2. The first kappa shape index (κ1) is 26.1. The van der Waals surface area contributed by atoms with Gasteiger partial charge in [-0.2, -0.15) is 0 Å². The molecule has 2 heterocycles. The molecule has 2 N–H and O–H groups in total. The number of halogens is 1. The number of esters is 1. The van der Waals surface area contributed by atoms with Gasteiger partial charge in [0.05, 0.1) is 16.9 Å². The Balaban J connectivity index is 1.85. The zero-order valence-electron chi connectivity index (χ0n) is 20.9. The van der Waals surface area contributed by atoms with Crippen LogP contribution in [0.25, 0.3) is 16.8 Å². The summed E-state index contributed by atoms with van der Waals surface area (Å²) in [5, 5.41) is 11.0. The van der Waals surface area contributed by atoms with Crippen LogP contribution in [-0.2, 0) is 16.0 Å². The van der Waals surface area contributed by atoms with E-state index in [0.717, 1.165) is 12.8 Å². The fourth-order valence-electron chi connectivity index (χ4n) is 3.78. The van der Waals surface area contributed by atoms with E-state index in [1.54, 1.807) is 58.2 Å². The summed E-state index contributed by atoms with van der Waals surface area (Å²) in [7, 11) is 0. The Kier molecular flexibility index (Phi) is 8.04. The highest BCUT2D eigenvalue weighted by Gasteiger charge is 2.22. The lowest BCUT2D eigenvalue weighted by atomic mass is 10.0. The number of fused-ring (bicyclic) bond motifs is 1. The Morgan fingerprint density at radius 2 is 2.00 bits per heavy atom. The monoisotopic (exact) mass is 480 g/mol. The summed E-state index contributed by atoms with van der Waals surface area (Å²) in [6.07, 6.45) is 4.17. The van der Waals surface area contributed by atoms with Crippen LogP contribution in [-0.4, -0.2) is 32.7 Å². The lowest BCUT2D eigenvalue weighted by molar-refractivity contribution is -0.146. The van der Waals surface area contributed by atoms with Crippen LogP contribution in [0.1, 0.15) is 59.6 Å². The maximum Gasteiger partial charge on any atom is 0.352 e. The lowest BCUT2D eigenvalue weighted by Crippen LogP contribution is -2.31. The Morgan fingerprint density at radius 1 is 1.26 bits per heavy atom. The zero-order valence-corrected chi connectivity index (χ0v) is 20.9. The number of pyridine rings is 1. The molecule has 35 heavy (non-hydrogen) atoms. The second kappa shape index (κ2) is 10.8. The van der Waals surface area contributed by atoms with E-state index in [4.69, 9.17) is 10.1 Å². The number of aryl methyl sites for hydroxylation is 1. The van der Waals surface area contributed by atoms with Crippen LogP contribution in [0.2, 0.25) is 0 Å². The number of carbonyl (C=O) groups excluding carboxylic acids is 1. The summed E-state index contributed by atoms with van der Waals surface area (Å²) in [4.78, 5) is 30.0. The van der Waals surface area contributed by atoms with E-state index in [2.05, 4.69) is 17.2 Å². The number of hydrogen-bond acceptors (Lipinski definition) is 6. The fourth-order valence-corrected chi connectivity index (χ4v) is 3.78. The van der Waals surface area contributed by atoms with Gasteiger partial charge in [0.25, 0.3) is 5.56 Å². The summed E-state index contributed by atoms with van der Waals surface area (Å²) in [6, 6.07) is 9.58. The van der Waals surface area contributed by atoms with Gasteiger partial charge >= 0.3 is 5.97 Å². The Labute approximate surface area is 204 Å². The standard InChI is InChI=1S/C27H33FN4O3/c1-6-7-10-22-24(25(33)32-14-9-8-11-23(32)31-22)18-12-13-21(19(28)16-18)30-17(2)15-20(29)26(34)35-27(3,4)5/h8-9,11-14,16-17,29-30H,6-7,10,15H2,1-5H3/t17-/m1/s1. The molecule has 0 saturated heterocycles. The summed E-state index contributed by atoms with van der Waals surface area (Å²) in [5.74, 6) is -1.22. The van der Waals surface area contributed by atoms with Crippen molar-refractivity contribution in [3.05, 3.63) is 64.5 Å². The lowest BCUT2D eigenvalue weighted by Gasteiger charge is -2.21. The minimum atomic E-state index is -0.689. The van der Waals surface area contributed by atoms with Gasteiger partial charge in [-0.25, -0.2) is 14.2 Å². The summed E-state index contributed by atoms with van der Waals surface area (Å²) >= 11 is 0. The molecule has 8 heteroatoms. The molecule has 0 bridgehead atoms. The van der Waals surface area contributed by atoms with E-state index in [1.165, 1.54) is 10.5 Å². The third-order valence-electron chi connectivity index (χ3n) is 5.39. The Bertz CT molecular complexity index is 1290. The molecular weight excluding hydrogens is 447 g/mol. The third kappa shape index (κ3) is 6.53. The quantitative estimate of drug-likeness (QED) is 0.316. The molecule has 1 atom stereocenters. The highest BCUT2D eigenvalue weighted by atomic mass is 19.1. The molecule has 186 valence electrons. The second-order valence-corrected chi connectivity index (χ2v) is 9.70. The smallest absolute Gasteiger partial charge is 0.352 e. The molecule has 3 aromatic rings. The number of anilines is 1. The molecule has 0 amide bonds. The van der Waals surface area contributed by atoms with Crippen LogP contribution in [0, 0.1) is 11.2 Å². The number of nitrogens with one attached hydrogen (secondary N) is 2. The number of nitrogens with zero attached hydrogens (tertiary/aromatic N) is 2. The van der Waals surface area contributed by atoms with Crippen molar-refractivity contribution >= 4 is 23.0 Å². The first-order chi connectivity index (χ1) is 16.5. The first-order valence-electron chi connectivity index (χ1n) is 11.9. The van der Waals surface area contributed by atoms with Crippen LogP contribution in [0.4, 0.5) is 10.1 Å². The number of aromatic nitrogens is 2. The zero-order chi connectivity index (χ0) is 25.8. The van der Waals surface area contributed by atoms with Crippen LogP contribution in [0.5, 0.6) is 0 Å². The molecule has 0 unspecified atom stereocenters. The minimum absolute atomic E-state index is 0.0766. The molecule has 0 fully saturated rings. The second-order valence-electron chi connectivity index (χ2n) is 9.70. The van der Waals surface area contributed by atoms with E-state index >= 15 is 4.39 Å². The molecule has 0 aliphatic carbocycles. The summed E-state index contributed by atoms with van der Waals surface area (Å²) < 4.78 is 21.8. The molecule has 1 aromatic carbocycles. The van der Waals surface area contributed by atoms with Crippen molar-refractivity contribution in [1.29, 1.82) is 5.41 Å². The van der Waals surface area contributed by atoms with Crippen LogP contribution >= 0.6 is 0 Å². The first-order valence-corrected chi connectivity index (χ1v) is 11.9. The van der Waals surface area contributed by atoms with E-state index < -0.39 is 17.4 Å². The van der Waals surface area contributed by atoms with Gasteiger partial charge in [0, 0.05) is 18.7 Å². The normalized spacial score (nSPS) is 12.4. The maximum absolute atomic E-state index is 15.1. The number of rotatable bonds is 9. The van der Waals surface area contributed by atoms with E-state index in [9.17, 15) is 9.59 Å². The topological polar surface area (TPSA) is 96.5 Å². The third-order valence-corrected chi connectivity index (χ3v) is 5.39. The largest absolute Gasteiger partial charge is 0.456 e.